The number of rotatable bonds is 4. The van der Waals surface area contributed by atoms with E-state index in [4.69, 9.17) is 28.5 Å². The second kappa shape index (κ2) is 10.1. The molecule has 0 aliphatic carbocycles. The Morgan fingerprint density at radius 1 is 1.18 bits per heavy atom. The van der Waals surface area contributed by atoms with Gasteiger partial charge < -0.3 is 10.2 Å². The van der Waals surface area contributed by atoms with Crippen molar-refractivity contribution in [3.8, 4) is 6.07 Å². The number of nitriles is 1. The normalized spacial score (nSPS) is 11.4. The van der Waals surface area contributed by atoms with Gasteiger partial charge in [0, 0.05) is 24.5 Å². The smallest absolute Gasteiger partial charge is 0.306 e. The molecule has 0 fully saturated rings. The third-order valence-corrected chi connectivity index (χ3v) is 3.82. The number of hydrogen-bond acceptors (Lipinski definition) is 8. The van der Waals surface area contributed by atoms with Crippen LogP contribution in [0.1, 0.15) is 26.6 Å². The first-order chi connectivity index (χ1) is 15.2. The third kappa shape index (κ3) is 7.62. The summed E-state index contributed by atoms with van der Waals surface area (Å²) >= 11 is 11.6. The number of halogens is 5. The Morgan fingerprint density at radius 2 is 1.79 bits per heavy atom. The minimum absolute atomic E-state index is 0.0471. The third-order valence-electron chi connectivity index (χ3n) is 3.44. The van der Waals surface area contributed by atoms with E-state index in [0.717, 1.165) is 11.2 Å². The fourth-order valence-corrected chi connectivity index (χ4v) is 2.73. The molecule has 0 saturated heterocycles. The number of hydrogen-bond donors (Lipinski definition) is 1. The molecular formula is C18H16Cl2F3N7O3. The monoisotopic (exact) mass is 505 g/mol. The highest BCUT2D eigenvalue weighted by atomic mass is 35.5. The topological polar surface area (TPSA) is 124 Å². The molecule has 0 aliphatic rings. The summed E-state index contributed by atoms with van der Waals surface area (Å²) in [6.45, 7) is 4.94. The van der Waals surface area contributed by atoms with Crippen molar-refractivity contribution < 1.29 is 27.6 Å². The standard InChI is InChI=1S/C18H16Cl2F3N7O3/c1-17(2,3)9-29(14-4-5-25-13(8-24)28-14)30(33-15(31)18(21,22)23)16(32)26-10-6-11(19)27-12(20)7-10/h4-7H,9H2,1-3H3,(H,26,27,32). The molecule has 0 radical (unpaired) electrons. The molecule has 0 aromatic carbocycles. The van der Waals surface area contributed by atoms with Gasteiger partial charge in [0.15, 0.2) is 5.82 Å². The highest BCUT2D eigenvalue weighted by Gasteiger charge is 2.45. The van der Waals surface area contributed by atoms with Crippen LogP contribution in [0.3, 0.4) is 0 Å². The number of urea groups is 1. The van der Waals surface area contributed by atoms with Gasteiger partial charge in [-0.2, -0.15) is 23.4 Å². The Balaban J connectivity index is 2.55. The molecule has 2 amide bonds. The van der Waals surface area contributed by atoms with E-state index in [1.807, 2.05) is 0 Å². The van der Waals surface area contributed by atoms with Gasteiger partial charge in [-0.05, 0) is 22.7 Å². The van der Waals surface area contributed by atoms with Crippen molar-refractivity contribution in [2.75, 3.05) is 16.9 Å². The van der Waals surface area contributed by atoms with Gasteiger partial charge in [0.05, 0.1) is 0 Å². The van der Waals surface area contributed by atoms with Crippen LogP contribution in [-0.2, 0) is 9.63 Å². The van der Waals surface area contributed by atoms with Crippen LogP contribution in [0, 0.1) is 16.7 Å². The number of carbonyl (C=O) groups excluding carboxylic acids is 2. The number of alkyl halides is 3. The van der Waals surface area contributed by atoms with Crippen molar-refractivity contribution in [2.45, 2.75) is 26.9 Å². The Kier molecular flexibility index (Phi) is 7.89. The largest absolute Gasteiger partial charge is 0.493 e. The summed E-state index contributed by atoms with van der Waals surface area (Å²) < 4.78 is 38.9. The number of amides is 2. The van der Waals surface area contributed by atoms with Crippen LogP contribution in [0.15, 0.2) is 24.4 Å². The van der Waals surface area contributed by atoms with Crippen LogP contribution >= 0.6 is 23.2 Å². The minimum atomic E-state index is -5.42. The predicted octanol–water partition coefficient (Wildman–Crippen LogP) is 4.37. The molecule has 0 unspecified atom stereocenters. The zero-order chi connectivity index (χ0) is 25.0. The molecule has 2 heterocycles. The molecule has 0 spiro atoms. The van der Waals surface area contributed by atoms with Crippen LogP contribution < -0.4 is 10.3 Å². The summed E-state index contributed by atoms with van der Waals surface area (Å²) in [7, 11) is 0. The molecule has 2 rings (SSSR count). The van der Waals surface area contributed by atoms with E-state index in [1.54, 1.807) is 26.8 Å². The number of aromatic nitrogens is 3. The summed E-state index contributed by atoms with van der Waals surface area (Å²) in [4.78, 5) is 40.3. The van der Waals surface area contributed by atoms with E-state index in [2.05, 4.69) is 25.1 Å². The van der Waals surface area contributed by atoms with E-state index < -0.39 is 23.6 Å². The van der Waals surface area contributed by atoms with Crippen LogP contribution in [0.25, 0.3) is 0 Å². The molecule has 0 saturated carbocycles. The molecule has 1 N–H and O–H groups in total. The fraction of sp³-hybridized carbons (Fsp3) is 0.333. The number of nitrogens with one attached hydrogen (secondary N) is 1. The molecule has 33 heavy (non-hydrogen) atoms. The maximum atomic E-state index is 13.0. The number of nitrogens with zero attached hydrogens (tertiary/aromatic N) is 6. The van der Waals surface area contributed by atoms with Crippen molar-refractivity contribution in [3.63, 3.8) is 0 Å². The zero-order valence-electron chi connectivity index (χ0n) is 17.3. The van der Waals surface area contributed by atoms with E-state index in [9.17, 15) is 22.8 Å². The van der Waals surface area contributed by atoms with Gasteiger partial charge in [-0.15, -0.1) is 0 Å². The molecule has 176 valence electrons. The first kappa shape index (κ1) is 25.9. The first-order valence-corrected chi connectivity index (χ1v) is 9.69. The van der Waals surface area contributed by atoms with Crippen molar-refractivity contribution in [1.29, 1.82) is 5.26 Å². The van der Waals surface area contributed by atoms with E-state index >= 15 is 0 Å². The fourth-order valence-electron chi connectivity index (χ4n) is 2.27. The van der Waals surface area contributed by atoms with Gasteiger partial charge in [-0.25, -0.2) is 24.6 Å². The Hall–Kier alpha value is -3.37. The molecule has 2 aromatic heterocycles. The maximum Gasteiger partial charge on any atom is 0.493 e. The van der Waals surface area contributed by atoms with Gasteiger partial charge in [0.2, 0.25) is 5.82 Å². The average molecular weight is 506 g/mol. The number of anilines is 2. The van der Waals surface area contributed by atoms with Crippen LogP contribution in [0.2, 0.25) is 10.3 Å². The summed E-state index contributed by atoms with van der Waals surface area (Å²) in [5, 5.41) is 12.0. The summed E-state index contributed by atoms with van der Waals surface area (Å²) in [5.74, 6) is -3.19. The molecule has 2 aromatic rings. The lowest BCUT2D eigenvalue weighted by Gasteiger charge is -2.36. The Bertz CT molecular complexity index is 1070. The highest BCUT2D eigenvalue weighted by Crippen LogP contribution is 2.26. The van der Waals surface area contributed by atoms with E-state index in [-0.39, 0.29) is 39.4 Å². The second-order valence-electron chi connectivity index (χ2n) is 7.55. The molecule has 0 bridgehead atoms. The van der Waals surface area contributed by atoms with E-state index in [0.29, 0.717) is 0 Å². The van der Waals surface area contributed by atoms with Crippen molar-refractivity contribution in [3.05, 3.63) is 40.5 Å². The van der Waals surface area contributed by atoms with Crippen LogP contribution in [-0.4, -0.2) is 44.8 Å². The van der Waals surface area contributed by atoms with Crippen molar-refractivity contribution in [1.82, 2.24) is 20.1 Å². The zero-order valence-corrected chi connectivity index (χ0v) is 18.8. The molecular weight excluding hydrogens is 490 g/mol. The second-order valence-corrected chi connectivity index (χ2v) is 8.32. The number of pyridine rings is 1. The molecule has 0 aliphatic heterocycles. The Morgan fingerprint density at radius 3 is 2.30 bits per heavy atom. The lowest BCUT2D eigenvalue weighted by molar-refractivity contribution is -0.229. The van der Waals surface area contributed by atoms with Gasteiger partial charge in [-0.3, -0.25) is 0 Å². The van der Waals surface area contributed by atoms with Gasteiger partial charge in [-0.1, -0.05) is 44.0 Å². The van der Waals surface area contributed by atoms with Gasteiger partial charge >= 0.3 is 18.2 Å². The van der Waals surface area contributed by atoms with Gasteiger partial charge in [0.1, 0.15) is 16.4 Å². The number of hydroxylamine groups is 1. The summed E-state index contributed by atoms with van der Waals surface area (Å²) in [6.07, 6.45) is -4.26. The average Bonchev–Trinajstić information content (AvgIpc) is 2.68. The first-order valence-electron chi connectivity index (χ1n) is 8.93. The van der Waals surface area contributed by atoms with Crippen molar-refractivity contribution in [2.24, 2.45) is 5.41 Å². The minimum Gasteiger partial charge on any atom is -0.306 e. The summed E-state index contributed by atoms with van der Waals surface area (Å²) in [5.41, 5.74) is -0.710. The molecule has 10 nitrogen and oxygen atoms in total. The lowest BCUT2D eigenvalue weighted by Crippen LogP contribution is -2.54. The highest BCUT2D eigenvalue weighted by molar-refractivity contribution is 6.33. The van der Waals surface area contributed by atoms with E-state index in [1.165, 1.54) is 18.2 Å². The number of hydrazine groups is 1. The molecule has 15 heteroatoms. The summed E-state index contributed by atoms with van der Waals surface area (Å²) in [6, 6.07) is 3.91. The van der Waals surface area contributed by atoms with Crippen LogP contribution in [0.4, 0.5) is 29.5 Å². The van der Waals surface area contributed by atoms with Gasteiger partial charge in [0.25, 0.3) is 0 Å². The predicted molar refractivity (Wildman–Crippen MR) is 111 cm³/mol. The quantitative estimate of drug-likeness (QED) is 0.479. The lowest BCUT2D eigenvalue weighted by atomic mass is 9.97. The Labute approximate surface area is 195 Å². The molecule has 0 atom stereocenters. The van der Waals surface area contributed by atoms with Crippen LogP contribution in [0.5, 0.6) is 0 Å². The van der Waals surface area contributed by atoms with Crippen molar-refractivity contribution >= 4 is 46.7 Å². The SMILES string of the molecule is CC(C)(C)CN(c1ccnc(C#N)n1)N(OC(=O)C(F)(F)F)C(=O)Nc1cc(Cl)nc(Cl)c1. The maximum absolute atomic E-state index is 13.0. The number of carbonyl (C=O) groups is 2.